The van der Waals surface area contributed by atoms with Gasteiger partial charge in [0, 0.05) is 12.4 Å². The normalized spacial score (nSPS) is 18.0. The van der Waals surface area contributed by atoms with Gasteiger partial charge in [-0.3, -0.25) is 0 Å². The van der Waals surface area contributed by atoms with Gasteiger partial charge in [-0.25, -0.2) is 0 Å². The van der Waals surface area contributed by atoms with Gasteiger partial charge in [0.2, 0.25) is 5.89 Å². The second-order valence-corrected chi connectivity index (χ2v) is 6.00. The molecule has 5 nitrogen and oxygen atoms in total. The van der Waals surface area contributed by atoms with Crippen molar-refractivity contribution in [3.8, 4) is 5.75 Å². The zero-order chi connectivity index (χ0) is 14.5. The van der Waals surface area contributed by atoms with Crippen LogP contribution in [0.15, 0.2) is 33.9 Å². The van der Waals surface area contributed by atoms with Gasteiger partial charge in [-0.05, 0) is 30.0 Å². The molecule has 112 valence electrons. The van der Waals surface area contributed by atoms with Gasteiger partial charge in [0.15, 0.2) is 0 Å². The van der Waals surface area contributed by atoms with Gasteiger partial charge in [-0.2, -0.15) is 0 Å². The van der Waals surface area contributed by atoms with Gasteiger partial charge in [0.05, 0.1) is 20.1 Å². The maximum absolute atomic E-state index is 5.67. The molecule has 0 amide bonds. The molecule has 0 N–H and O–H groups in total. The van der Waals surface area contributed by atoms with Crippen molar-refractivity contribution in [2.45, 2.75) is 18.1 Å². The van der Waals surface area contributed by atoms with E-state index in [2.05, 4.69) is 10.2 Å². The minimum atomic E-state index is 0.604. The molecule has 1 atom stereocenters. The Labute approximate surface area is 128 Å². The molecule has 0 spiro atoms. The van der Waals surface area contributed by atoms with Crippen LogP contribution in [0.1, 0.15) is 17.9 Å². The van der Waals surface area contributed by atoms with Crippen molar-refractivity contribution in [1.82, 2.24) is 10.2 Å². The minimum Gasteiger partial charge on any atom is -0.497 e. The van der Waals surface area contributed by atoms with Crippen LogP contribution in [0.5, 0.6) is 5.75 Å². The van der Waals surface area contributed by atoms with Gasteiger partial charge in [-0.1, -0.05) is 23.9 Å². The number of thioether (sulfide) groups is 1. The van der Waals surface area contributed by atoms with Crippen molar-refractivity contribution in [2.75, 3.05) is 26.1 Å². The maximum Gasteiger partial charge on any atom is 0.276 e. The topological polar surface area (TPSA) is 57.4 Å². The van der Waals surface area contributed by atoms with Crippen LogP contribution in [0.3, 0.4) is 0 Å². The molecule has 2 heterocycles. The summed E-state index contributed by atoms with van der Waals surface area (Å²) in [5.74, 6) is 3.07. The van der Waals surface area contributed by atoms with Crippen molar-refractivity contribution in [1.29, 1.82) is 0 Å². The summed E-state index contributed by atoms with van der Waals surface area (Å²) in [7, 11) is 1.66. The van der Waals surface area contributed by atoms with E-state index >= 15 is 0 Å². The van der Waals surface area contributed by atoms with Crippen LogP contribution in [-0.4, -0.2) is 36.3 Å². The molecular weight excluding hydrogens is 288 g/mol. The zero-order valence-corrected chi connectivity index (χ0v) is 12.8. The first kappa shape index (κ1) is 14.4. The van der Waals surface area contributed by atoms with Crippen LogP contribution in [0.25, 0.3) is 0 Å². The SMILES string of the molecule is COc1ccc(Cc2nnc(SCC3CCOC3)o2)cc1. The van der Waals surface area contributed by atoms with E-state index in [9.17, 15) is 0 Å². The van der Waals surface area contributed by atoms with Crippen molar-refractivity contribution in [3.05, 3.63) is 35.7 Å². The Morgan fingerprint density at radius 1 is 1.29 bits per heavy atom. The largest absolute Gasteiger partial charge is 0.497 e. The summed E-state index contributed by atoms with van der Waals surface area (Å²) in [5.41, 5.74) is 1.13. The van der Waals surface area contributed by atoms with Gasteiger partial charge in [-0.15, -0.1) is 10.2 Å². The summed E-state index contributed by atoms with van der Waals surface area (Å²) < 4.78 is 16.2. The van der Waals surface area contributed by atoms with Gasteiger partial charge in [0.25, 0.3) is 5.22 Å². The molecule has 1 aromatic heterocycles. The van der Waals surface area contributed by atoms with E-state index in [0.29, 0.717) is 23.5 Å². The van der Waals surface area contributed by atoms with Crippen molar-refractivity contribution >= 4 is 11.8 Å². The lowest BCUT2D eigenvalue weighted by Crippen LogP contribution is -2.01. The maximum atomic E-state index is 5.67. The molecule has 0 saturated carbocycles. The van der Waals surface area contributed by atoms with Crippen LogP contribution < -0.4 is 4.74 Å². The molecule has 1 aliphatic heterocycles. The van der Waals surface area contributed by atoms with E-state index in [0.717, 1.165) is 36.7 Å². The number of methoxy groups -OCH3 is 1. The van der Waals surface area contributed by atoms with E-state index in [4.69, 9.17) is 13.9 Å². The highest BCUT2D eigenvalue weighted by molar-refractivity contribution is 7.99. The molecule has 0 aliphatic carbocycles. The average Bonchev–Trinajstić information content (AvgIpc) is 3.17. The van der Waals surface area contributed by atoms with Gasteiger partial charge in [0.1, 0.15) is 5.75 Å². The summed E-state index contributed by atoms with van der Waals surface area (Å²) in [4.78, 5) is 0. The fourth-order valence-corrected chi connectivity index (χ4v) is 3.08. The predicted molar refractivity (Wildman–Crippen MR) is 79.7 cm³/mol. The third-order valence-corrected chi connectivity index (χ3v) is 4.48. The second-order valence-electron chi connectivity index (χ2n) is 5.03. The fourth-order valence-electron chi connectivity index (χ4n) is 2.19. The smallest absolute Gasteiger partial charge is 0.276 e. The highest BCUT2D eigenvalue weighted by Crippen LogP contribution is 2.24. The minimum absolute atomic E-state index is 0.604. The molecule has 0 radical (unpaired) electrons. The Morgan fingerprint density at radius 2 is 2.14 bits per heavy atom. The highest BCUT2D eigenvalue weighted by Gasteiger charge is 2.17. The Kier molecular flexibility index (Phi) is 4.77. The molecule has 1 unspecified atom stereocenters. The van der Waals surface area contributed by atoms with Crippen LogP contribution in [0.2, 0.25) is 0 Å². The Balaban J connectivity index is 1.53. The fraction of sp³-hybridized carbons (Fsp3) is 0.467. The van der Waals surface area contributed by atoms with E-state index in [1.54, 1.807) is 18.9 Å². The summed E-state index contributed by atoms with van der Waals surface area (Å²) in [6, 6.07) is 7.88. The zero-order valence-electron chi connectivity index (χ0n) is 11.9. The number of ether oxygens (including phenoxy) is 2. The first-order valence-corrected chi connectivity index (χ1v) is 7.98. The molecular formula is C15H18N2O3S. The average molecular weight is 306 g/mol. The first-order valence-electron chi connectivity index (χ1n) is 6.99. The van der Waals surface area contributed by atoms with Crippen LogP contribution in [0, 0.1) is 5.92 Å². The number of benzene rings is 1. The van der Waals surface area contributed by atoms with E-state index in [1.807, 2.05) is 24.3 Å². The lowest BCUT2D eigenvalue weighted by atomic mass is 10.1. The number of hydrogen-bond acceptors (Lipinski definition) is 6. The molecule has 3 rings (SSSR count). The quantitative estimate of drug-likeness (QED) is 0.765. The summed E-state index contributed by atoms with van der Waals surface area (Å²) >= 11 is 1.61. The number of rotatable bonds is 6. The van der Waals surface area contributed by atoms with E-state index in [1.165, 1.54) is 0 Å². The molecule has 1 aromatic carbocycles. The molecule has 0 bridgehead atoms. The van der Waals surface area contributed by atoms with Crippen LogP contribution in [-0.2, 0) is 11.2 Å². The Morgan fingerprint density at radius 3 is 2.86 bits per heavy atom. The highest BCUT2D eigenvalue weighted by atomic mass is 32.2. The summed E-state index contributed by atoms with van der Waals surface area (Å²) in [6.07, 6.45) is 1.77. The predicted octanol–water partition coefficient (Wildman–Crippen LogP) is 2.80. The summed E-state index contributed by atoms with van der Waals surface area (Å²) in [6.45, 7) is 1.72. The molecule has 1 fully saturated rings. The Hall–Kier alpha value is -1.53. The molecule has 6 heteroatoms. The number of aromatic nitrogens is 2. The number of hydrogen-bond donors (Lipinski definition) is 0. The second kappa shape index (κ2) is 6.95. The van der Waals surface area contributed by atoms with Gasteiger partial charge >= 0.3 is 0 Å². The van der Waals surface area contributed by atoms with E-state index in [-0.39, 0.29) is 0 Å². The molecule has 21 heavy (non-hydrogen) atoms. The van der Waals surface area contributed by atoms with E-state index < -0.39 is 0 Å². The first-order chi connectivity index (χ1) is 10.3. The number of nitrogens with zero attached hydrogens (tertiary/aromatic N) is 2. The molecule has 1 saturated heterocycles. The third kappa shape index (κ3) is 3.98. The van der Waals surface area contributed by atoms with Crippen molar-refractivity contribution in [2.24, 2.45) is 5.92 Å². The van der Waals surface area contributed by atoms with Crippen molar-refractivity contribution < 1.29 is 13.9 Å². The molecule has 2 aromatic rings. The van der Waals surface area contributed by atoms with Crippen molar-refractivity contribution in [3.63, 3.8) is 0 Å². The van der Waals surface area contributed by atoms with Crippen LogP contribution >= 0.6 is 11.8 Å². The lowest BCUT2D eigenvalue weighted by molar-refractivity contribution is 0.189. The Bertz CT molecular complexity index is 565. The standard InChI is InChI=1S/C15H18N2O3S/c1-18-13-4-2-11(3-5-13)8-14-16-17-15(20-14)21-10-12-6-7-19-9-12/h2-5,12H,6-10H2,1H3. The van der Waals surface area contributed by atoms with Gasteiger partial charge < -0.3 is 13.9 Å². The molecule has 1 aliphatic rings. The summed E-state index contributed by atoms with van der Waals surface area (Å²) in [5, 5.41) is 8.83. The lowest BCUT2D eigenvalue weighted by Gasteiger charge is -2.03. The van der Waals surface area contributed by atoms with Crippen LogP contribution in [0.4, 0.5) is 0 Å². The third-order valence-electron chi connectivity index (χ3n) is 3.43. The monoisotopic (exact) mass is 306 g/mol.